The molecule has 19 heavy (non-hydrogen) atoms. The SMILES string of the molecule is C=Cc1ccc(F)c(CC(=O)NCCCCCC)c1. The van der Waals surface area contributed by atoms with Gasteiger partial charge in [0.15, 0.2) is 0 Å². The standard InChI is InChI=1S/C16H22FNO/c1-3-5-6-7-10-18-16(19)12-14-11-13(4-2)8-9-15(14)17/h4,8-9,11H,2-3,5-7,10,12H2,1H3,(H,18,19). The lowest BCUT2D eigenvalue weighted by Gasteiger charge is -2.07. The third-order valence-corrected chi connectivity index (χ3v) is 3.01. The fourth-order valence-electron chi connectivity index (χ4n) is 1.87. The number of halogens is 1. The van der Waals surface area contributed by atoms with E-state index in [9.17, 15) is 9.18 Å². The van der Waals surface area contributed by atoms with Gasteiger partial charge in [-0.2, -0.15) is 0 Å². The molecule has 104 valence electrons. The molecule has 0 spiro atoms. The van der Waals surface area contributed by atoms with Crippen molar-refractivity contribution in [2.45, 2.75) is 39.0 Å². The first-order valence-electron chi connectivity index (χ1n) is 6.85. The van der Waals surface area contributed by atoms with Gasteiger partial charge in [-0.25, -0.2) is 4.39 Å². The molecule has 0 aliphatic heterocycles. The summed E-state index contributed by atoms with van der Waals surface area (Å²) in [6, 6.07) is 4.69. The molecule has 0 fully saturated rings. The molecule has 0 atom stereocenters. The van der Waals surface area contributed by atoms with Gasteiger partial charge in [-0.1, -0.05) is 44.9 Å². The zero-order chi connectivity index (χ0) is 14.1. The molecule has 1 amide bonds. The van der Waals surface area contributed by atoms with Gasteiger partial charge in [0.05, 0.1) is 6.42 Å². The molecule has 0 heterocycles. The summed E-state index contributed by atoms with van der Waals surface area (Å²) in [5.41, 5.74) is 1.25. The first-order chi connectivity index (χ1) is 9.17. The smallest absolute Gasteiger partial charge is 0.224 e. The van der Waals surface area contributed by atoms with Gasteiger partial charge in [-0.05, 0) is 29.7 Å². The number of carbonyl (C=O) groups excluding carboxylic acids is 1. The van der Waals surface area contributed by atoms with Crippen LogP contribution in [0.15, 0.2) is 24.8 Å². The third kappa shape index (κ3) is 5.69. The first kappa shape index (κ1) is 15.4. The molecular formula is C16H22FNO. The van der Waals surface area contributed by atoms with Gasteiger partial charge in [0.1, 0.15) is 5.82 Å². The summed E-state index contributed by atoms with van der Waals surface area (Å²) < 4.78 is 13.5. The molecule has 0 aromatic heterocycles. The first-order valence-corrected chi connectivity index (χ1v) is 6.85. The maximum atomic E-state index is 13.5. The molecule has 1 N–H and O–H groups in total. The van der Waals surface area contributed by atoms with Crippen LogP contribution < -0.4 is 5.32 Å². The Hall–Kier alpha value is -1.64. The van der Waals surface area contributed by atoms with E-state index in [2.05, 4.69) is 18.8 Å². The number of nitrogens with one attached hydrogen (secondary N) is 1. The minimum Gasteiger partial charge on any atom is -0.356 e. The van der Waals surface area contributed by atoms with Crippen molar-refractivity contribution in [1.29, 1.82) is 0 Å². The van der Waals surface area contributed by atoms with E-state index in [1.54, 1.807) is 18.2 Å². The minimum atomic E-state index is -0.341. The van der Waals surface area contributed by atoms with Crippen molar-refractivity contribution >= 4 is 12.0 Å². The van der Waals surface area contributed by atoms with Crippen molar-refractivity contribution in [2.75, 3.05) is 6.54 Å². The van der Waals surface area contributed by atoms with Gasteiger partial charge in [-0.15, -0.1) is 0 Å². The van der Waals surface area contributed by atoms with Gasteiger partial charge in [0.25, 0.3) is 0 Å². The number of amides is 1. The van der Waals surface area contributed by atoms with E-state index in [0.717, 1.165) is 18.4 Å². The van der Waals surface area contributed by atoms with Crippen LogP contribution in [0.5, 0.6) is 0 Å². The molecule has 0 saturated carbocycles. The Balaban J connectivity index is 2.41. The summed E-state index contributed by atoms with van der Waals surface area (Å²) in [5, 5.41) is 2.82. The zero-order valence-corrected chi connectivity index (χ0v) is 11.5. The van der Waals surface area contributed by atoms with Gasteiger partial charge < -0.3 is 5.32 Å². The second-order valence-corrected chi connectivity index (χ2v) is 4.64. The van der Waals surface area contributed by atoms with E-state index < -0.39 is 0 Å². The monoisotopic (exact) mass is 263 g/mol. The highest BCUT2D eigenvalue weighted by molar-refractivity contribution is 5.78. The van der Waals surface area contributed by atoms with Crippen LogP contribution in [0.4, 0.5) is 4.39 Å². The number of hydrogen-bond acceptors (Lipinski definition) is 1. The Morgan fingerprint density at radius 1 is 1.37 bits per heavy atom. The van der Waals surface area contributed by atoms with Crippen molar-refractivity contribution in [2.24, 2.45) is 0 Å². The van der Waals surface area contributed by atoms with Gasteiger partial charge in [-0.3, -0.25) is 4.79 Å². The molecular weight excluding hydrogens is 241 g/mol. The lowest BCUT2D eigenvalue weighted by Crippen LogP contribution is -2.26. The van der Waals surface area contributed by atoms with E-state index in [0.29, 0.717) is 12.1 Å². The maximum Gasteiger partial charge on any atom is 0.224 e. The summed E-state index contributed by atoms with van der Waals surface area (Å²) in [4.78, 5) is 11.7. The van der Waals surface area contributed by atoms with Crippen molar-refractivity contribution in [3.63, 3.8) is 0 Å². The lowest BCUT2D eigenvalue weighted by atomic mass is 10.1. The van der Waals surface area contributed by atoms with Crippen molar-refractivity contribution in [3.05, 3.63) is 41.7 Å². The van der Waals surface area contributed by atoms with Crippen LogP contribution in [0.3, 0.4) is 0 Å². The molecule has 1 aromatic carbocycles. The predicted molar refractivity (Wildman–Crippen MR) is 77.3 cm³/mol. The number of rotatable bonds is 8. The highest BCUT2D eigenvalue weighted by Gasteiger charge is 2.08. The van der Waals surface area contributed by atoms with Gasteiger partial charge >= 0.3 is 0 Å². The van der Waals surface area contributed by atoms with Crippen molar-refractivity contribution < 1.29 is 9.18 Å². The van der Waals surface area contributed by atoms with E-state index >= 15 is 0 Å². The number of unbranched alkanes of at least 4 members (excludes halogenated alkanes) is 3. The van der Waals surface area contributed by atoms with E-state index in [-0.39, 0.29) is 18.1 Å². The highest BCUT2D eigenvalue weighted by Crippen LogP contribution is 2.12. The fourth-order valence-corrected chi connectivity index (χ4v) is 1.87. The second kappa shape index (κ2) is 8.46. The topological polar surface area (TPSA) is 29.1 Å². The maximum absolute atomic E-state index is 13.5. The molecule has 0 bridgehead atoms. The Morgan fingerprint density at radius 3 is 2.84 bits per heavy atom. The molecule has 1 aromatic rings. The molecule has 0 aliphatic rings. The summed E-state index contributed by atoms with van der Waals surface area (Å²) in [7, 11) is 0. The average Bonchev–Trinajstić information content (AvgIpc) is 2.41. The molecule has 0 saturated heterocycles. The summed E-state index contributed by atoms with van der Waals surface area (Å²) in [6.45, 7) is 6.45. The lowest BCUT2D eigenvalue weighted by molar-refractivity contribution is -0.120. The zero-order valence-electron chi connectivity index (χ0n) is 11.5. The van der Waals surface area contributed by atoms with Crippen LogP contribution in [0.1, 0.15) is 43.7 Å². The number of carbonyl (C=O) groups is 1. The highest BCUT2D eigenvalue weighted by atomic mass is 19.1. The quantitative estimate of drug-likeness (QED) is 0.712. The molecule has 0 aliphatic carbocycles. The summed E-state index contributed by atoms with van der Waals surface area (Å²) in [5.74, 6) is -0.469. The van der Waals surface area contributed by atoms with Crippen molar-refractivity contribution in [3.8, 4) is 0 Å². The average molecular weight is 263 g/mol. The third-order valence-electron chi connectivity index (χ3n) is 3.01. The van der Waals surface area contributed by atoms with E-state index in [4.69, 9.17) is 0 Å². The van der Waals surface area contributed by atoms with E-state index in [1.807, 2.05) is 0 Å². The molecule has 0 unspecified atom stereocenters. The number of hydrogen-bond donors (Lipinski definition) is 1. The molecule has 1 rings (SSSR count). The molecule has 0 radical (unpaired) electrons. The fraction of sp³-hybridized carbons (Fsp3) is 0.438. The number of benzene rings is 1. The Bertz CT molecular complexity index is 429. The van der Waals surface area contributed by atoms with Crippen LogP contribution in [0.25, 0.3) is 6.08 Å². The van der Waals surface area contributed by atoms with Crippen LogP contribution in [-0.2, 0) is 11.2 Å². The predicted octanol–water partition coefficient (Wildman–Crippen LogP) is 3.71. The van der Waals surface area contributed by atoms with Crippen LogP contribution in [0.2, 0.25) is 0 Å². The Kier molecular flexibility index (Phi) is 6.86. The minimum absolute atomic E-state index is 0.0846. The Morgan fingerprint density at radius 2 is 2.16 bits per heavy atom. The van der Waals surface area contributed by atoms with Crippen LogP contribution in [-0.4, -0.2) is 12.5 Å². The summed E-state index contributed by atoms with van der Waals surface area (Å²) >= 11 is 0. The van der Waals surface area contributed by atoms with Gasteiger partial charge in [0, 0.05) is 6.54 Å². The normalized spacial score (nSPS) is 10.2. The molecule has 3 heteroatoms. The molecule has 2 nitrogen and oxygen atoms in total. The largest absolute Gasteiger partial charge is 0.356 e. The Labute approximate surface area is 114 Å². The van der Waals surface area contributed by atoms with E-state index in [1.165, 1.54) is 18.9 Å². The van der Waals surface area contributed by atoms with Crippen molar-refractivity contribution in [1.82, 2.24) is 5.32 Å². The van der Waals surface area contributed by atoms with Crippen LogP contribution in [0, 0.1) is 5.82 Å². The van der Waals surface area contributed by atoms with Crippen LogP contribution >= 0.6 is 0 Å². The van der Waals surface area contributed by atoms with Gasteiger partial charge in [0.2, 0.25) is 5.91 Å². The second-order valence-electron chi connectivity index (χ2n) is 4.64. The summed E-state index contributed by atoms with van der Waals surface area (Å²) in [6.07, 6.45) is 6.19.